The van der Waals surface area contributed by atoms with Crippen molar-refractivity contribution in [2.24, 2.45) is 0 Å². The molecule has 7 rings (SSSR count). The number of nitrogens with zero attached hydrogens (tertiary/aromatic N) is 3. The summed E-state index contributed by atoms with van der Waals surface area (Å²) in [5.41, 5.74) is 3.86. The molecule has 0 saturated carbocycles. The van der Waals surface area contributed by atoms with E-state index >= 15 is 0 Å². The highest BCUT2D eigenvalue weighted by Gasteiger charge is 2.41. The van der Waals surface area contributed by atoms with Crippen LogP contribution in [-0.4, -0.2) is 32.0 Å². The summed E-state index contributed by atoms with van der Waals surface area (Å²) < 4.78 is 2.21. The van der Waals surface area contributed by atoms with Gasteiger partial charge in [-0.3, -0.25) is 9.78 Å². The van der Waals surface area contributed by atoms with E-state index in [0.717, 1.165) is 33.5 Å². The zero-order valence-corrected chi connectivity index (χ0v) is 23.7. The number of anilines is 1. The maximum absolute atomic E-state index is 13.3. The molecule has 1 amide bonds. The molecular formula is C35H29N5OS. The topological polar surface area (TPSA) is 62.2 Å². The summed E-state index contributed by atoms with van der Waals surface area (Å²) in [6.45, 7) is 0.458. The van der Waals surface area contributed by atoms with Crippen LogP contribution in [0.25, 0.3) is 27.2 Å². The lowest BCUT2D eigenvalue weighted by molar-refractivity contribution is -0.116. The van der Waals surface area contributed by atoms with E-state index in [1.165, 1.54) is 10.8 Å². The molecule has 6 nitrogen and oxygen atoms in total. The number of carbonyl (C=O) groups is 1. The van der Waals surface area contributed by atoms with Crippen molar-refractivity contribution in [1.29, 1.82) is 0 Å². The summed E-state index contributed by atoms with van der Waals surface area (Å²) in [5.74, 6) is -0.0564. The molecule has 0 unspecified atom stereocenters. The molecule has 4 aromatic carbocycles. The third-order valence-electron chi connectivity index (χ3n) is 7.94. The van der Waals surface area contributed by atoms with Gasteiger partial charge in [0.2, 0.25) is 5.91 Å². The average molecular weight is 568 g/mol. The van der Waals surface area contributed by atoms with Crippen molar-refractivity contribution in [1.82, 2.24) is 19.8 Å². The van der Waals surface area contributed by atoms with Crippen molar-refractivity contribution in [3.8, 4) is 5.69 Å². The summed E-state index contributed by atoms with van der Waals surface area (Å²) in [6.07, 6.45) is 4.18. The van der Waals surface area contributed by atoms with Crippen LogP contribution in [0.4, 0.5) is 5.69 Å². The van der Waals surface area contributed by atoms with Crippen LogP contribution in [0.5, 0.6) is 0 Å². The molecule has 2 N–H and O–H groups in total. The highest BCUT2D eigenvalue weighted by Crippen LogP contribution is 2.40. The summed E-state index contributed by atoms with van der Waals surface area (Å²) >= 11 is 5.88. The van der Waals surface area contributed by atoms with Gasteiger partial charge in [0.05, 0.1) is 17.8 Å². The van der Waals surface area contributed by atoms with Gasteiger partial charge in [-0.25, -0.2) is 0 Å². The molecule has 3 heterocycles. The molecule has 6 aromatic rings. The fourth-order valence-electron chi connectivity index (χ4n) is 5.93. The maximum Gasteiger partial charge on any atom is 0.226 e. The van der Waals surface area contributed by atoms with Crippen LogP contribution < -0.4 is 10.6 Å². The Kier molecular flexibility index (Phi) is 6.85. The summed E-state index contributed by atoms with van der Waals surface area (Å²) in [6, 6.07) is 38.7. The van der Waals surface area contributed by atoms with E-state index in [2.05, 4.69) is 85.9 Å². The van der Waals surface area contributed by atoms with Crippen LogP contribution in [0, 0.1) is 0 Å². The third-order valence-corrected chi connectivity index (χ3v) is 8.29. The van der Waals surface area contributed by atoms with Gasteiger partial charge in [-0.2, -0.15) is 0 Å². The molecule has 42 heavy (non-hydrogen) atoms. The van der Waals surface area contributed by atoms with E-state index < -0.39 is 0 Å². The van der Waals surface area contributed by atoms with Crippen molar-refractivity contribution in [3.63, 3.8) is 0 Å². The molecule has 0 radical (unpaired) electrons. The van der Waals surface area contributed by atoms with E-state index in [0.29, 0.717) is 11.7 Å². The SMILES string of the molecule is O=C(CCN1C(=S)N[C@H](c2ccccn2)[C@@H]1c1cccn1-c1ccc2ccccc2c1)Nc1cccc2ccccc12. The van der Waals surface area contributed by atoms with Crippen LogP contribution >= 0.6 is 12.2 Å². The van der Waals surface area contributed by atoms with Crippen LogP contribution in [0.1, 0.15) is 29.9 Å². The minimum Gasteiger partial charge on any atom is -0.352 e. The van der Waals surface area contributed by atoms with E-state index in [1.807, 2.05) is 60.7 Å². The molecule has 0 aliphatic carbocycles. The number of hydrogen-bond acceptors (Lipinski definition) is 3. The standard InChI is InChI=1S/C35H29N5OS/c41-32(37-29-15-7-12-25-10-3-4-13-28(25)29)19-22-40-34(33(38-35(40)42)30-14-5-6-20-36-30)31-16-8-21-39(31)27-18-17-24-9-1-2-11-26(24)23-27/h1-18,20-21,23,33-34H,19,22H2,(H,37,41)(H,38,42)/t33-,34+/m1/s1. The smallest absolute Gasteiger partial charge is 0.226 e. The first-order valence-electron chi connectivity index (χ1n) is 14.1. The second-order valence-corrected chi connectivity index (χ2v) is 10.9. The van der Waals surface area contributed by atoms with Crippen molar-refractivity contribution in [3.05, 3.63) is 139 Å². The second-order valence-electron chi connectivity index (χ2n) is 10.5. The zero-order chi connectivity index (χ0) is 28.5. The van der Waals surface area contributed by atoms with Gasteiger partial charge in [0.1, 0.15) is 0 Å². The number of pyridine rings is 1. The Morgan fingerprint density at radius 2 is 1.62 bits per heavy atom. The largest absolute Gasteiger partial charge is 0.352 e. The number of hydrogen-bond donors (Lipinski definition) is 2. The molecular weight excluding hydrogens is 538 g/mol. The first kappa shape index (κ1) is 25.9. The molecule has 1 aliphatic heterocycles. The molecule has 1 saturated heterocycles. The number of benzene rings is 4. The van der Waals surface area contributed by atoms with Crippen molar-refractivity contribution >= 4 is 50.5 Å². The van der Waals surface area contributed by atoms with Crippen LogP contribution in [0.2, 0.25) is 0 Å². The Hall–Kier alpha value is -5.01. The minimum absolute atomic E-state index is 0.0564. The van der Waals surface area contributed by atoms with Crippen molar-refractivity contribution in [2.45, 2.75) is 18.5 Å². The van der Waals surface area contributed by atoms with E-state index in [4.69, 9.17) is 12.2 Å². The quantitative estimate of drug-likeness (QED) is 0.200. The van der Waals surface area contributed by atoms with Gasteiger partial charge in [-0.15, -0.1) is 0 Å². The fourth-order valence-corrected chi connectivity index (χ4v) is 6.27. The normalized spacial score (nSPS) is 16.6. The molecule has 7 heteroatoms. The summed E-state index contributed by atoms with van der Waals surface area (Å²) in [7, 11) is 0. The third kappa shape index (κ3) is 4.88. The molecule has 2 aromatic heterocycles. The number of nitrogens with one attached hydrogen (secondary N) is 2. The monoisotopic (exact) mass is 567 g/mol. The van der Waals surface area contributed by atoms with Gasteiger partial charge in [-0.1, -0.05) is 72.8 Å². The molecule has 0 bridgehead atoms. The number of thiocarbonyl (C=S) groups is 1. The predicted octanol–water partition coefficient (Wildman–Crippen LogP) is 7.18. The highest BCUT2D eigenvalue weighted by atomic mass is 32.1. The summed E-state index contributed by atoms with van der Waals surface area (Å²) in [5, 5.41) is 11.7. The van der Waals surface area contributed by atoms with E-state index in [9.17, 15) is 4.79 Å². The zero-order valence-electron chi connectivity index (χ0n) is 22.9. The maximum atomic E-state index is 13.3. The van der Waals surface area contributed by atoms with Gasteiger partial charge in [0.15, 0.2) is 5.11 Å². The van der Waals surface area contributed by atoms with Gasteiger partial charge in [0, 0.05) is 47.8 Å². The Morgan fingerprint density at radius 1 is 0.833 bits per heavy atom. The molecule has 1 fully saturated rings. The van der Waals surface area contributed by atoms with Crippen LogP contribution in [0.15, 0.2) is 128 Å². The van der Waals surface area contributed by atoms with Gasteiger partial charge < -0.3 is 20.1 Å². The first-order valence-corrected chi connectivity index (χ1v) is 14.5. The Labute approximate surface area is 249 Å². The fraction of sp³-hybridized carbons (Fsp3) is 0.114. The molecule has 0 spiro atoms. The molecule has 2 atom stereocenters. The molecule has 1 aliphatic rings. The van der Waals surface area contributed by atoms with Crippen LogP contribution in [0.3, 0.4) is 0 Å². The average Bonchev–Trinajstić information content (AvgIpc) is 3.64. The van der Waals surface area contributed by atoms with Crippen LogP contribution in [-0.2, 0) is 4.79 Å². The number of aromatic nitrogens is 2. The van der Waals surface area contributed by atoms with Gasteiger partial charge in [-0.05, 0) is 70.8 Å². The second kappa shape index (κ2) is 11.1. The van der Waals surface area contributed by atoms with Crippen molar-refractivity contribution in [2.75, 3.05) is 11.9 Å². The van der Waals surface area contributed by atoms with Gasteiger partial charge >= 0.3 is 0 Å². The highest BCUT2D eigenvalue weighted by molar-refractivity contribution is 7.80. The predicted molar refractivity (Wildman–Crippen MR) is 173 cm³/mol. The Balaban J connectivity index is 1.20. The van der Waals surface area contributed by atoms with E-state index in [1.54, 1.807) is 6.20 Å². The number of carbonyl (C=O) groups excluding carboxylic acids is 1. The minimum atomic E-state index is -0.172. The van der Waals surface area contributed by atoms with E-state index in [-0.39, 0.29) is 24.4 Å². The number of amides is 1. The first-order chi connectivity index (χ1) is 20.7. The lowest BCUT2D eigenvalue weighted by Gasteiger charge is -2.29. The van der Waals surface area contributed by atoms with Gasteiger partial charge in [0.25, 0.3) is 0 Å². The Morgan fingerprint density at radius 3 is 2.48 bits per heavy atom. The lowest BCUT2D eigenvalue weighted by atomic mass is 10.0. The van der Waals surface area contributed by atoms with Crippen molar-refractivity contribution < 1.29 is 4.79 Å². The molecule has 206 valence electrons. The number of fused-ring (bicyclic) bond motifs is 2. The number of rotatable bonds is 7. The Bertz CT molecular complexity index is 1910. The lowest BCUT2D eigenvalue weighted by Crippen LogP contribution is -2.33. The summed E-state index contributed by atoms with van der Waals surface area (Å²) in [4.78, 5) is 20.1.